The Hall–Kier alpha value is -2.23. The molecule has 7 nitrogen and oxygen atoms in total. The molecule has 0 fully saturated rings. The maximum absolute atomic E-state index is 12.7. The van der Waals surface area contributed by atoms with E-state index in [1.807, 2.05) is 13.8 Å². The van der Waals surface area contributed by atoms with Crippen molar-refractivity contribution in [2.75, 3.05) is 13.1 Å². The van der Waals surface area contributed by atoms with Crippen LogP contribution in [0.4, 0.5) is 0 Å². The first-order valence-electron chi connectivity index (χ1n) is 8.64. The lowest BCUT2D eigenvalue weighted by Crippen LogP contribution is -2.41. The van der Waals surface area contributed by atoms with Crippen LogP contribution >= 0.6 is 11.3 Å². The van der Waals surface area contributed by atoms with E-state index in [2.05, 4.69) is 10.9 Å². The summed E-state index contributed by atoms with van der Waals surface area (Å²) in [5, 5.41) is 1.76. The molecule has 1 heterocycles. The maximum atomic E-state index is 12.7. The molecule has 2 aromatic rings. The lowest BCUT2D eigenvalue weighted by atomic mass is 10.2. The van der Waals surface area contributed by atoms with E-state index in [-0.39, 0.29) is 10.5 Å². The molecule has 0 radical (unpaired) electrons. The number of nitrogens with zero attached hydrogens (tertiary/aromatic N) is 1. The van der Waals surface area contributed by atoms with Crippen molar-refractivity contribution < 1.29 is 18.0 Å². The van der Waals surface area contributed by atoms with Crippen LogP contribution in [-0.4, -0.2) is 37.6 Å². The van der Waals surface area contributed by atoms with Crippen molar-refractivity contribution in [3.05, 3.63) is 52.2 Å². The Labute approximate surface area is 163 Å². The normalized spacial score (nSPS) is 11.4. The lowest BCUT2D eigenvalue weighted by Gasteiger charge is -2.21. The molecule has 9 heteroatoms. The molecule has 1 aromatic carbocycles. The van der Waals surface area contributed by atoms with Crippen LogP contribution in [0, 0.1) is 0 Å². The van der Waals surface area contributed by atoms with Crippen LogP contribution in [0.2, 0.25) is 0 Å². The van der Waals surface area contributed by atoms with Crippen molar-refractivity contribution in [2.45, 2.75) is 31.6 Å². The zero-order chi connectivity index (χ0) is 19.9. The molecule has 0 aliphatic heterocycles. The summed E-state index contributed by atoms with van der Waals surface area (Å²) in [6.07, 6.45) is 1.45. The average Bonchev–Trinajstić information content (AvgIpc) is 3.20. The molecular weight excluding hydrogens is 386 g/mol. The molecule has 1 aromatic heterocycles. The van der Waals surface area contributed by atoms with Gasteiger partial charge in [0, 0.05) is 18.7 Å². The van der Waals surface area contributed by atoms with E-state index in [9.17, 15) is 18.0 Å². The van der Waals surface area contributed by atoms with Crippen LogP contribution in [0.25, 0.3) is 0 Å². The molecule has 0 saturated heterocycles. The second-order valence-corrected chi connectivity index (χ2v) is 8.70. The summed E-state index contributed by atoms with van der Waals surface area (Å²) in [5.41, 5.74) is 4.89. The topological polar surface area (TPSA) is 95.6 Å². The number of thiophene rings is 1. The van der Waals surface area contributed by atoms with Gasteiger partial charge in [-0.25, -0.2) is 8.42 Å². The largest absolute Gasteiger partial charge is 0.279 e. The summed E-state index contributed by atoms with van der Waals surface area (Å²) in [5.74, 6) is -0.935. The van der Waals surface area contributed by atoms with E-state index in [1.54, 1.807) is 17.5 Å². The highest BCUT2D eigenvalue weighted by atomic mass is 32.2. The van der Waals surface area contributed by atoms with Crippen LogP contribution in [0.5, 0.6) is 0 Å². The van der Waals surface area contributed by atoms with Crippen molar-refractivity contribution in [1.29, 1.82) is 0 Å². The van der Waals surface area contributed by atoms with Crippen molar-refractivity contribution >= 4 is 33.2 Å². The molecule has 2 rings (SSSR count). The summed E-state index contributed by atoms with van der Waals surface area (Å²) in [6.45, 7) is 4.76. The van der Waals surface area contributed by atoms with E-state index in [0.717, 1.165) is 12.8 Å². The van der Waals surface area contributed by atoms with Gasteiger partial charge in [0.25, 0.3) is 11.8 Å². The van der Waals surface area contributed by atoms with Gasteiger partial charge in [-0.2, -0.15) is 4.31 Å². The number of hydrogen-bond donors (Lipinski definition) is 2. The Kier molecular flexibility index (Phi) is 7.52. The van der Waals surface area contributed by atoms with Crippen molar-refractivity contribution in [1.82, 2.24) is 15.2 Å². The summed E-state index contributed by atoms with van der Waals surface area (Å²) < 4.78 is 26.9. The third kappa shape index (κ3) is 5.38. The van der Waals surface area contributed by atoms with Gasteiger partial charge in [-0.05, 0) is 48.6 Å². The Morgan fingerprint density at radius 3 is 2.07 bits per heavy atom. The highest BCUT2D eigenvalue weighted by Crippen LogP contribution is 2.17. The molecule has 2 amide bonds. The second kappa shape index (κ2) is 9.63. The smallest absolute Gasteiger partial charge is 0.267 e. The minimum Gasteiger partial charge on any atom is -0.267 e. The molecule has 0 spiro atoms. The number of carbonyl (C=O) groups excluding carboxylic acids is 2. The Morgan fingerprint density at radius 1 is 0.963 bits per heavy atom. The Morgan fingerprint density at radius 2 is 1.56 bits per heavy atom. The van der Waals surface area contributed by atoms with Gasteiger partial charge < -0.3 is 0 Å². The second-order valence-electron chi connectivity index (χ2n) is 5.81. The van der Waals surface area contributed by atoms with Gasteiger partial charge >= 0.3 is 0 Å². The summed E-state index contributed by atoms with van der Waals surface area (Å²) >= 11 is 1.26. The lowest BCUT2D eigenvalue weighted by molar-refractivity contribution is 0.0849. The molecular formula is C18H23N3O4S2. The number of benzene rings is 1. The third-order valence-corrected chi connectivity index (χ3v) is 6.52. The first kappa shape index (κ1) is 21.1. The number of hydrazine groups is 1. The molecule has 0 saturated carbocycles. The van der Waals surface area contributed by atoms with E-state index in [0.29, 0.717) is 18.0 Å². The van der Waals surface area contributed by atoms with Gasteiger partial charge in [0.05, 0.1) is 9.77 Å². The highest BCUT2D eigenvalue weighted by molar-refractivity contribution is 7.89. The summed E-state index contributed by atoms with van der Waals surface area (Å²) in [4.78, 5) is 24.6. The number of sulfonamides is 1. The molecule has 27 heavy (non-hydrogen) atoms. The first-order valence-corrected chi connectivity index (χ1v) is 11.0. The SMILES string of the molecule is CCCN(CCC)S(=O)(=O)c1ccc(C(=O)NNC(=O)c2cccs2)cc1. The van der Waals surface area contributed by atoms with Gasteiger partial charge in [-0.15, -0.1) is 11.3 Å². The minimum atomic E-state index is -3.59. The molecule has 0 aliphatic carbocycles. The maximum Gasteiger partial charge on any atom is 0.279 e. The molecule has 0 aliphatic rings. The van der Waals surface area contributed by atoms with Crippen LogP contribution in [0.15, 0.2) is 46.7 Å². The number of carbonyl (C=O) groups is 2. The number of amides is 2. The Bertz CT molecular complexity index is 857. The van der Waals surface area contributed by atoms with E-state index in [4.69, 9.17) is 0 Å². The van der Waals surface area contributed by atoms with Crippen molar-refractivity contribution in [3.63, 3.8) is 0 Å². The zero-order valence-corrected chi connectivity index (χ0v) is 16.9. The quantitative estimate of drug-likeness (QED) is 0.655. The molecule has 146 valence electrons. The highest BCUT2D eigenvalue weighted by Gasteiger charge is 2.23. The van der Waals surface area contributed by atoms with Gasteiger partial charge in [0.2, 0.25) is 10.0 Å². The van der Waals surface area contributed by atoms with E-state index >= 15 is 0 Å². The fourth-order valence-corrected chi connectivity index (χ4v) is 4.68. The molecule has 0 unspecified atom stereocenters. The van der Waals surface area contributed by atoms with E-state index < -0.39 is 21.8 Å². The van der Waals surface area contributed by atoms with Gasteiger partial charge in [0.15, 0.2) is 0 Å². The standard InChI is InChI=1S/C18H23N3O4S2/c1-3-11-21(12-4-2)27(24,25)15-9-7-14(8-10-15)17(22)19-20-18(23)16-6-5-13-26-16/h5-10,13H,3-4,11-12H2,1-2H3,(H,19,22)(H,20,23). The molecule has 2 N–H and O–H groups in total. The van der Waals surface area contributed by atoms with Crippen LogP contribution < -0.4 is 10.9 Å². The van der Waals surface area contributed by atoms with E-state index in [1.165, 1.54) is 39.9 Å². The number of rotatable bonds is 8. The van der Waals surface area contributed by atoms with Gasteiger partial charge in [0.1, 0.15) is 0 Å². The van der Waals surface area contributed by atoms with Crippen LogP contribution in [0.1, 0.15) is 46.7 Å². The van der Waals surface area contributed by atoms with Gasteiger partial charge in [-0.3, -0.25) is 20.4 Å². The van der Waals surface area contributed by atoms with Crippen molar-refractivity contribution in [3.8, 4) is 0 Å². The fraction of sp³-hybridized carbons (Fsp3) is 0.333. The first-order chi connectivity index (χ1) is 12.9. The zero-order valence-electron chi connectivity index (χ0n) is 15.3. The molecule has 0 atom stereocenters. The summed E-state index contributed by atoms with van der Waals surface area (Å²) in [7, 11) is -3.59. The third-order valence-electron chi connectivity index (χ3n) is 3.73. The number of hydrogen-bond acceptors (Lipinski definition) is 5. The average molecular weight is 410 g/mol. The monoisotopic (exact) mass is 409 g/mol. The van der Waals surface area contributed by atoms with Gasteiger partial charge in [-0.1, -0.05) is 19.9 Å². The Balaban J connectivity index is 2.05. The summed E-state index contributed by atoms with van der Waals surface area (Å²) in [6, 6.07) is 9.05. The molecule has 0 bridgehead atoms. The van der Waals surface area contributed by atoms with Crippen LogP contribution in [-0.2, 0) is 10.0 Å². The minimum absolute atomic E-state index is 0.142. The fourth-order valence-electron chi connectivity index (χ4n) is 2.43. The number of nitrogens with one attached hydrogen (secondary N) is 2. The predicted molar refractivity (Wildman–Crippen MR) is 105 cm³/mol. The van der Waals surface area contributed by atoms with Crippen molar-refractivity contribution in [2.24, 2.45) is 0 Å². The van der Waals surface area contributed by atoms with Crippen LogP contribution in [0.3, 0.4) is 0 Å². The predicted octanol–water partition coefficient (Wildman–Crippen LogP) is 2.63.